The van der Waals surface area contributed by atoms with Crippen molar-refractivity contribution in [2.45, 2.75) is 33.0 Å². The highest BCUT2D eigenvalue weighted by molar-refractivity contribution is 5.95. The maximum Gasteiger partial charge on any atom is 0.416 e. The Hall–Kier alpha value is -3.66. The Morgan fingerprint density at radius 2 is 1.86 bits per heavy atom. The van der Waals surface area contributed by atoms with Crippen LogP contribution in [0.5, 0.6) is 5.75 Å². The van der Waals surface area contributed by atoms with E-state index in [1.165, 1.54) is 17.0 Å². The molecule has 0 fully saturated rings. The highest BCUT2D eigenvalue weighted by Gasteiger charge is 2.31. The van der Waals surface area contributed by atoms with Gasteiger partial charge in [0.25, 0.3) is 5.56 Å². The molecule has 2 aromatic carbocycles. The first-order valence-electron chi connectivity index (χ1n) is 11.0. The Balaban J connectivity index is 1.78. The lowest BCUT2D eigenvalue weighted by Crippen LogP contribution is -2.42. The van der Waals surface area contributed by atoms with Crippen LogP contribution < -0.4 is 15.2 Å². The number of aryl methyl sites for hydroxylation is 2. The number of hydrogen-bond donors (Lipinski definition) is 1. The lowest BCUT2D eigenvalue weighted by Gasteiger charge is -2.30. The second-order valence-corrected chi connectivity index (χ2v) is 8.30. The number of aliphatic hydroxyl groups is 1. The third-order valence-corrected chi connectivity index (χ3v) is 5.87. The Morgan fingerprint density at radius 1 is 1.14 bits per heavy atom. The van der Waals surface area contributed by atoms with E-state index in [1.807, 2.05) is 19.1 Å². The minimum atomic E-state index is -4.51. The van der Waals surface area contributed by atoms with E-state index < -0.39 is 23.2 Å². The molecule has 35 heavy (non-hydrogen) atoms. The molecule has 0 unspecified atom stereocenters. The Bertz CT molecular complexity index is 1320. The number of halogens is 3. The highest BCUT2D eigenvalue weighted by atomic mass is 19.4. The third kappa shape index (κ3) is 4.93. The number of ether oxygens (including phenoxy) is 1. The van der Waals surface area contributed by atoms with Crippen molar-refractivity contribution in [3.8, 4) is 17.1 Å². The number of alkyl halides is 3. The molecule has 4 rings (SSSR count). The molecule has 7 nitrogen and oxygen atoms in total. The second kappa shape index (κ2) is 9.53. The molecule has 0 saturated heterocycles. The molecule has 1 aromatic heterocycles. The van der Waals surface area contributed by atoms with Crippen molar-refractivity contribution >= 4 is 11.6 Å². The van der Waals surface area contributed by atoms with Gasteiger partial charge in [-0.05, 0) is 43.7 Å². The Labute approximate surface area is 199 Å². The van der Waals surface area contributed by atoms with Gasteiger partial charge in [0, 0.05) is 29.8 Å². The van der Waals surface area contributed by atoms with E-state index >= 15 is 0 Å². The summed E-state index contributed by atoms with van der Waals surface area (Å²) in [5.74, 6) is 0.235. The number of fused-ring (bicyclic) bond motifs is 1. The van der Waals surface area contributed by atoms with Crippen LogP contribution in [0.1, 0.15) is 22.4 Å². The normalized spacial score (nSPS) is 13.4. The van der Waals surface area contributed by atoms with Crippen molar-refractivity contribution in [2.75, 3.05) is 24.7 Å². The zero-order chi connectivity index (χ0) is 25.3. The van der Waals surface area contributed by atoms with Crippen molar-refractivity contribution in [3.63, 3.8) is 0 Å². The zero-order valence-electron chi connectivity index (χ0n) is 19.2. The molecule has 1 N–H and O–H groups in total. The average molecular weight is 487 g/mol. The summed E-state index contributed by atoms with van der Waals surface area (Å²) in [5, 5.41) is 9.40. The van der Waals surface area contributed by atoms with Crippen LogP contribution in [-0.2, 0) is 23.9 Å². The predicted octanol–water partition coefficient (Wildman–Crippen LogP) is 3.51. The summed E-state index contributed by atoms with van der Waals surface area (Å²) in [6.07, 6.45) is -4.47. The summed E-state index contributed by atoms with van der Waals surface area (Å²) in [6.45, 7) is 3.37. The lowest BCUT2D eigenvalue weighted by atomic mass is 10.1. The number of amides is 1. The van der Waals surface area contributed by atoms with E-state index in [1.54, 1.807) is 13.0 Å². The van der Waals surface area contributed by atoms with Gasteiger partial charge in [-0.1, -0.05) is 18.2 Å². The van der Waals surface area contributed by atoms with Gasteiger partial charge in [-0.2, -0.15) is 13.2 Å². The lowest BCUT2D eigenvalue weighted by molar-refractivity contribution is -0.137. The Kier molecular flexibility index (Phi) is 6.66. The summed E-state index contributed by atoms with van der Waals surface area (Å²) in [6, 6.07) is 9.73. The summed E-state index contributed by atoms with van der Waals surface area (Å²) >= 11 is 0. The van der Waals surface area contributed by atoms with Gasteiger partial charge in [-0.25, -0.2) is 4.98 Å². The van der Waals surface area contributed by atoms with Crippen LogP contribution >= 0.6 is 0 Å². The molecule has 0 saturated carbocycles. The molecule has 1 aliphatic heterocycles. The Morgan fingerprint density at radius 3 is 2.51 bits per heavy atom. The molecule has 10 heteroatoms. The number of nitrogens with zero attached hydrogens (tertiary/aromatic N) is 3. The molecule has 1 aliphatic rings. The van der Waals surface area contributed by atoms with Gasteiger partial charge in [-0.15, -0.1) is 0 Å². The van der Waals surface area contributed by atoms with Crippen LogP contribution in [0.3, 0.4) is 0 Å². The van der Waals surface area contributed by atoms with Gasteiger partial charge < -0.3 is 14.7 Å². The van der Waals surface area contributed by atoms with E-state index in [2.05, 4.69) is 4.98 Å². The van der Waals surface area contributed by atoms with Crippen LogP contribution in [0.25, 0.3) is 11.4 Å². The third-order valence-electron chi connectivity index (χ3n) is 5.87. The molecular weight excluding hydrogens is 463 g/mol. The largest absolute Gasteiger partial charge is 0.490 e. The fourth-order valence-electron chi connectivity index (χ4n) is 4.08. The highest BCUT2D eigenvalue weighted by Crippen LogP contribution is 2.33. The molecular formula is C25H24F3N3O4. The van der Waals surface area contributed by atoms with Crippen LogP contribution in [0, 0.1) is 13.8 Å². The smallest absolute Gasteiger partial charge is 0.416 e. The summed E-state index contributed by atoms with van der Waals surface area (Å²) in [7, 11) is 0. The van der Waals surface area contributed by atoms with Gasteiger partial charge in [0.2, 0.25) is 5.91 Å². The number of carbonyl (C=O) groups is 1. The summed E-state index contributed by atoms with van der Waals surface area (Å²) in [4.78, 5) is 32.7. The van der Waals surface area contributed by atoms with Crippen molar-refractivity contribution < 1.29 is 27.8 Å². The van der Waals surface area contributed by atoms with Crippen LogP contribution in [-0.4, -0.2) is 40.3 Å². The first kappa shape index (κ1) is 24.5. The zero-order valence-corrected chi connectivity index (χ0v) is 19.2. The van der Waals surface area contributed by atoms with Crippen LogP contribution in [0.15, 0.2) is 47.3 Å². The number of rotatable bonds is 5. The SMILES string of the molecule is Cc1ccc2c(c1)N(C(=O)Cn1c(-c3ccc(C(F)(F)F)cc3)nc(C)c(CCO)c1=O)CCO2. The topological polar surface area (TPSA) is 84.7 Å². The fourth-order valence-corrected chi connectivity index (χ4v) is 4.08. The van der Waals surface area contributed by atoms with Gasteiger partial charge >= 0.3 is 6.18 Å². The fraction of sp³-hybridized carbons (Fsp3) is 0.320. The van der Waals surface area contributed by atoms with Gasteiger partial charge in [0.05, 0.1) is 17.8 Å². The monoisotopic (exact) mass is 487 g/mol. The van der Waals surface area contributed by atoms with E-state index in [0.717, 1.165) is 22.3 Å². The first-order valence-corrected chi connectivity index (χ1v) is 11.0. The number of anilines is 1. The van der Waals surface area contributed by atoms with E-state index in [9.17, 15) is 27.9 Å². The molecule has 1 amide bonds. The van der Waals surface area contributed by atoms with Crippen molar-refractivity contribution in [1.29, 1.82) is 0 Å². The average Bonchev–Trinajstić information content (AvgIpc) is 2.82. The van der Waals surface area contributed by atoms with Gasteiger partial charge in [0.1, 0.15) is 24.7 Å². The standard InChI is InChI=1S/C25H24F3N3O4/c1-15-3-8-21-20(13-15)30(10-12-35-21)22(33)14-31-23(29-16(2)19(9-11-32)24(31)34)17-4-6-18(7-5-17)25(26,27)28/h3-8,13,32H,9-12,14H2,1-2H3. The first-order chi connectivity index (χ1) is 16.6. The van der Waals surface area contributed by atoms with Crippen molar-refractivity contribution in [2.24, 2.45) is 0 Å². The van der Waals surface area contributed by atoms with E-state index in [0.29, 0.717) is 17.1 Å². The number of carbonyl (C=O) groups excluding carboxylic acids is 1. The second-order valence-electron chi connectivity index (χ2n) is 8.30. The van der Waals surface area contributed by atoms with E-state index in [-0.39, 0.29) is 49.7 Å². The molecule has 3 aromatic rings. The number of aliphatic hydroxyl groups excluding tert-OH is 1. The van der Waals surface area contributed by atoms with Crippen LogP contribution in [0.4, 0.5) is 18.9 Å². The quantitative estimate of drug-likeness (QED) is 0.596. The molecule has 0 bridgehead atoms. The maximum absolute atomic E-state index is 13.4. The molecule has 0 spiro atoms. The summed E-state index contributed by atoms with van der Waals surface area (Å²) in [5.41, 5.74) is 1.01. The van der Waals surface area contributed by atoms with Gasteiger partial charge in [-0.3, -0.25) is 14.2 Å². The number of benzene rings is 2. The van der Waals surface area contributed by atoms with E-state index in [4.69, 9.17) is 4.74 Å². The summed E-state index contributed by atoms with van der Waals surface area (Å²) < 4.78 is 45.9. The molecule has 0 aliphatic carbocycles. The van der Waals surface area contributed by atoms with Crippen molar-refractivity contribution in [3.05, 3.63) is 75.2 Å². The van der Waals surface area contributed by atoms with Crippen molar-refractivity contribution in [1.82, 2.24) is 9.55 Å². The molecule has 184 valence electrons. The van der Waals surface area contributed by atoms with Gasteiger partial charge in [0.15, 0.2) is 0 Å². The minimum absolute atomic E-state index is 0.0404. The number of aromatic nitrogens is 2. The maximum atomic E-state index is 13.4. The molecule has 0 radical (unpaired) electrons. The predicted molar refractivity (Wildman–Crippen MR) is 123 cm³/mol. The molecule has 2 heterocycles. The minimum Gasteiger partial charge on any atom is -0.490 e. The van der Waals surface area contributed by atoms with Crippen LogP contribution in [0.2, 0.25) is 0 Å². The molecule has 0 atom stereocenters. The number of hydrogen-bond acceptors (Lipinski definition) is 5.